The Bertz CT molecular complexity index is 444. The van der Waals surface area contributed by atoms with Crippen LogP contribution in [-0.4, -0.2) is 49.5 Å². The molecule has 1 unspecified atom stereocenters. The summed E-state index contributed by atoms with van der Waals surface area (Å²) in [6.45, 7) is 1.59. The molecular formula is C12H17BrN2O5. The molecule has 0 saturated carbocycles. The minimum absolute atomic E-state index is 0.0414. The third-order valence-corrected chi connectivity index (χ3v) is 3.23. The van der Waals surface area contributed by atoms with Crippen molar-refractivity contribution in [3.63, 3.8) is 0 Å². The predicted octanol–water partition coefficient (Wildman–Crippen LogP) is 1.33. The predicted molar refractivity (Wildman–Crippen MR) is 77.0 cm³/mol. The minimum atomic E-state index is -0.710. The Kier molecular flexibility index (Phi) is 7.45. The lowest BCUT2D eigenvalue weighted by Gasteiger charge is -2.14. The van der Waals surface area contributed by atoms with Gasteiger partial charge >= 0.3 is 0 Å². The van der Waals surface area contributed by atoms with Gasteiger partial charge < -0.3 is 19.9 Å². The SMILES string of the molecule is COCCNCC(O)COc1cccc([N+](=O)[O-])c1Br. The fourth-order valence-corrected chi connectivity index (χ4v) is 1.96. The van der Waals surface area contributed by atoms with Crippen molar-refractivity contribution >= 4 is 21.6 Å². The number of hydrogen-bond acceptors (Lipinski definition) is 6. The van der Waals surface area contributed by atoms with Crippen molar-refractivity contribution < 1.29 is 19.5 Å². The van der Waals surface area contributed by atoms with Crippen molar-refractivity contribution in [2.45, 2.75) is 6.10 Å². The number of nitro groups is 1. The van der Waals surface area contributed by atoms with Gasteiger partial charge in [-0.05, 0) is 22.0 Å². The zero-order chi connectivity index (χ0) is 15.0. The third-order valence-electron chi connectivity index (χ3n) is 2.43. The molecule has 1 rings (SSSR count). The highest BCUT2D eigenvalue weighted by Crippen LogP contribution is 2.33. The Morgan fingerprint density at radius 3 is 2.95 bits per heavy atom. The first-order valence-electron chi connectivity index (χ1n) is 5.99. The number of ether oxygens (including phenoxy) is 2. The minimum Gasteiger partial charge on any atom is -0.489 e. The summed E-state index contributed by atoms with van der Waals surface area (Å²) in [5.41, 5.74) is -0.0739. The van der Waals surface area contributed by atoms with Crippen molar-refractivity contribution in [1.82, 2.24) is 5.32 Å². The first-order chi connectivity index (χ1) is 9.56. The summed E-state index contributed by atoms with van der Waals surface area (Å²) < 4.78 is 10.5. The molecule has 0 bridgehead atoms. The second kappa shape index (κ2) is 8.85. The topological polar surface area (TPSA) is 93.9 Å². The van der Waals surface area contributed by atoms with Crippen LogP contribution in [-0.2, 0) is 4.74 Å². The van der Waals surface area contributed by atoms with E-state index in [2.05, 4.69) is 21.2 Å². The first kappa shape index (κ1) is 16.8. The number of nitrogens with zero attached hydrogens (tertiary/aromatic N) is 1. The lowest BCUT2D eigenvalue weighted by molar-refractivity contribution is -0.385. The summed E-state index contributed by atoms with van der Waals surface area (Å²) in [4.78, 5) is 10.3. The summed E-state index contributed by atoms with van der Waals surface area (Å²) in [5, 5.41) is 23.5. The van der Waals surface area contributed by atoms with Gasteiger partial charge in [-0.3, -0.25) is 10.1 Å². The van der Waals surface area contributed by atoms with Gasteiger partial charge in [-0.1, -0.05) is 6.07 Å². The lowest BCUT2D eigenvalue weighted by atomic mass is 10.3. The van der Waals surface area contributed by atoms with E-state index in [4.69, 9.17) is 9.47 Å². The molecular weight excluding hydrogens is 332 g/mol. The molecule has 0 aliphatic rings. The number of nitrogens with one attached hydrogen (secondary N) is 1. The van der Waals surface area contributed by atoms with Crippen LogP contribution in [0.2, 0.25) is 0 Å². The number of aliphatic hydroxyl groups is 1. The fourth-order valence-electron chi connectivity index (χ4n) is 1.44. The van der Waals surface area contributed by atoms with Gasteiger partial charge in [0.05, 0.1) is 11.5 Å². The van der Waals surface area contributed by atoms with Crippen LogP contribution in [0.5, 0.6) is 5.75 Å². The van der Waals surface area contributed by atoms with Gasteiger partial charge in [0.15, 0.2) is 0 Å². The van der Waals surface area contributed by atoms with Crippen molar-refractivity contribution in [3.05, 3.63) is 32.8 Å². The molecule has 0 aliphatic carbocycles. The molecule has 1 aromatic rings. The highest BCUT2D eigenvalue weighted by atomic mass is 79.9. The molecule has 0 spiro atoms. The van der Waals surface area contributed by atoms with Gasteiger partial charge in [0.1, 0.15) is 22.9 Å². The number of nitro benzene ring substituents is 1. The number of rotatable bonds is 9. The number of methoxy groups -OCH3 is 1. The van der Waals surface area contributed by atoms with E-state index >= 15 is 0 Å². The third kappa shape index (κ3) is 5.41. The Balaban J connectivity index is 2.45. The van der Waals surface area contributed by atoms with Crippen LogP contribution in [0.25, 0.3) is 0 Å². The van der Waals surface area contributed by atoms with Gasteiger partial charge in [-0.25, -0.2) is 0 Å². The molecule has 1 aromatic carbocycles. The maximum Gasteiger partial charge on any atom is 0.287 e. The molecule has 112 valence electrons. The van der Waals surface area contributed by atoms with Crippen LogP contribution in [0.15, 0.2) is 22.7 Å². The molecule has 0 aromatic heterocycles. The molecule has 0 heterocycles. The maximum atomic E-state index is 10.8. The van der Waals surface area contributed by atoms with E-state index in [0.29, 0.717) is 25.4 Å². The fraction of sp³-hybridized carbons (Fsp3) is 0.500. The van der Waals surface area contributed by atoms with E-state index in [0.717, 1.165) is 0 Å². The van der Waals surface area contributed by atoms with Crippen LogP contribution in [0.1, 0.15) is 0 Å². The van der Waals surface area contributed by atoms with Gasteiger partial charge in [-0.2, -0.15) is 0 Å². The van der Waals surface area contributed by atoms with Crippen molar-refractivity contribution in [1.29, 1.82) is 0 Å². The van der Waals surface area contributed by atoms with Gasteiger partial charge in [0.2, 0.25) is 0 Å². The maximum absolute atomic E-state index is 10.8. The Hall–Kier alpha value is -1.22. The molecule has 0 amide bonds. The van der Waals surface area contributed by atoms with Gasteiger partial charge in [0.25, 0.3) is 5.69 Å². The average Bonchev–Trinajstić information content (AvgIpc) is 2.42. The van der Waals surface area contributed by atoms with E-state index in [-0.39, 0.29) is 16.8 Å². The molecule has 20 heavy (non-hydrogen) atoms. The molecule has 8 heteroatoms. The molecule has 0 saturated heterocycles. The van der Waals surface area contributed by atoms with E-state index < -0.39 is 11.0 Å². The molecule has 0 aliphatic heterocycles. The largest absolute Gasteiger partial charge is 0.489 e. The normalized spacial score (nSPS) is 12.2. The smallest absolute Gasteiger partial charge is 0.287 e. The van der Waals surface area contributed by atoms with Crippen LogP contribution >= 0.6 is 15.9 Å². The molecule has 0 fully saturated rings. The summed E-state index contributed by atoms with van der Waals surface area (Å²) in [7, 11) is 1.60. The van der Waals surface area contributed by atoms with Crippen LogP contribution in [0.3, 0.4) is 0 Å². The van der Waals surface area contributed by atoms with Crippen LogP contribution < -0.4 is 10.1 Å². The van der Waals surface area contributed by atoms with Crippen molar-refractivity contribution in [3.8, 4) is 5.75 Å². The number of halogens is 1. The van der Waals surface area contributed by atoms with E-state index in [1.54, 1.807) is 13.2 Å². The summed E-state index contributed by atoms with van der Waals surface area (Å²) in [6, 6.07) is 4.50. The van der Waals surface area contributed by atoms with Crippen LogP contribution in [0, 0.1) is 10.1 Å². The highest BCUT2D eigenvalue weighted by Gasteiger charge is 2.16. The Morgan fingerprint density at radius 1 is 1.55 bits per heavy atom. The first-order valence-corrected chi connectivity index (χ1v) is 6.79. The van der Waals surface area contributed by atoms with Gasteiger partial charge in [-0.15, -0.1) is 0 Å². The standard InChI is InChI=1S/C12H17BrN2O5/c1-19-6-5-14-7-9(16)8-20-11-4-2-3-10(12(11)13)15(17)18/h2-4,9,14,16H,5-8H2,1H3. The van der Waals surface area contributed by atoms with E-state index in [1.807, 2.05) is 0 Å². The van der Waals surface area contributed by atoms with E-state index in [9.17, 15) is 15.2 Å². The zero-order valence-electron chi connectivity index (χ0n) is 11.0. The molecule has 2 N–H and O–H groups in total. The second-order valence-electron chi connectivity index (χ2n) is 4.01. The van der Waals surface area contributed by atoms with Crippen molar-refractivity contribution in [2.75, 3.05) is 33.4 Å². The summed E-state index contributed by atoms with van der Waals surface area (Å²) in [6.07, 6.45) is -0.710. The molecule has 0 radical (unpaired) electrons. The average molecular weight is 349 g/mol. The van der Waals surface area contributed by atoms with Crippen molar-refractivity contribution in [2.24, 2.45) is 0 Å². The summed E-state index contributed by atoms with van der Waals surface area (Å²) >= 11 is 3.12. The number of hydrogen-bond donors (Lipinski definition) is 2. The zero-order valence-corrected chi connectivity index (χ0v) is 12.6. The lowest BCUT2D eigenvalue weighted by Crippen LogP contribution is -2.33. The monoisotopic (exact) mass is 348 g/mol. The second-order valence-corrected chi connectivity index (χ2v) is 4.80. The number of benzene rings is 1. The quantitative estimate of drug-likeness (QED) is 0.397. The highest BCUT2D eigenvalue weighted by molar-refractivity contribution is 9.10. The Morgan fingerprint density at radius 2 is 2.30 bits per heavy atom. The molecule has 1 atom stereocenters. The van der Waals surface area contributed by atoms with Crippen LogP contribution in [0.4, 0.5) is 5.69 Å². The Labute approximate surface area is 125 Å². The molecule has 7 nitrogen and oxygen atoms in total. The number of aliphatic hydroxyl groups excluding tert-OH is 1. The van der Waals surface area contributed by atoms with Gasteiger partial charge in [0, 0.05) is 26.3 Å². The summed E-state index contributed by atoms with van der Waals surface area (Å²) in [5.74, 6) is 0.329. The van der Waals surface area contributed by atoms with E-state index in [1.165, 1.54) is 12.1 Å².